The van der Waals surface area contributed by atoms with E-state index in [9.17, 15) is 24.8 Å². The minimum atomic E-state index is -1.01. The summed E-state index contributed by atoms with van der Waals surface area (Å²) in [6.45, 7) is -0.107. The van der Waals surface area contributed by atoms with Crippen molar-refractivity contribution in [1.29, 1.82) is 0 Å². The number of aromatic amines is 1. The molecule has 0 radical (unpaired) electrons. The zero-order valence-corrected chi connectivity index (χ0v) is 18.2. The molecule has 1 aliphatic rings. The first kappa shape index (κ1) is 22.5. The van der Waals surface area contributed by atoms with Crippen molar-refractivity contribution in [3.8, 4) is 5.75 Å². The fourth-order valence-corrected chi connectivity index (χ4v) is 4.07. The first-order valence-electron chi connectivity index (χ1n) is 10.8. The molecule has 0 bridgehead atoms. The normalized spacial score (nSPS) is 15.5. The number of ether oxygens (including phenoxy) is 1. The van der Waals surface area contributed by atoms with Crippen molar-refractivity contribution in [2.75, 3.05) is 11.9 Å². The van der Waals surface area contributed by atoms with Crippen LogP contribution in [0.2, 0.25) is 0 Å². The summed E-state index contributed by atoms with van der Waals surface area (Å²) in [5.41, 5.74) is -0.796. The Labute approximate surface area is 188 Å². The van der Waals surface area contributed by atoms with Crippen molar-refractivity contribution in [2.45, 2.75) is 50.8 Å². The number of imidazole rings is 1. The van der Waals surface area contributed by atoms with Gasteiger partial charge in [-0.15, -0.1) is 0 Å². The molecular formula is C21H26N6O6. The molecule has 0 unspecified atom stereocenters. The maximum Gasteiger partial charge on any atom is 0.329 e. The first-order valence-corrected chi connectivity index (χ1v) is 10.8. The molecule has 2 aromatic heterocycles. The number of benzene rings is 1. The van der Waals surface area contributed by atoms with Crippen LogP contribution >= 0.6 is 0 Å². The number of H-pyrrole nitrogens is 1. The smallest absolute Gasteiger partial charge is 0.329 e. The van der Waals surface area contributed by atoms with Gasteiger partial charge in [0.15, 0.2) is 11.2 Å². The van der Waals surface area contributed by atoms with Crippen molar-refractivity contribution < 1.29 is 14.8 Å². The van der Waals surface area contributed by atoms with Gasteiger partial charge in [-0.05, 0) is 25.0 Å². The van der Waals surface area contributed by atoms with Crippen LogP contribution in [0.4, 0.5) is 11.6 Å². The monoisotopic (exact) mass is 458 g/mol. The predicted octanol–water partition coefficient (Wildman–Crippen LogP) is 1.52. The molecule has 0 aliphatic heterocycles. The molecule has 1 aromatic carbocycles. The van der Waals surface area contributed by atoms with Crippen LogP contribution in [-0.2, 0) is 13.6 Å². The fraction of sp³-hybridized carbons (Fsp3) is 0.476. The molecule has 176 valence electrons. The third kappa shape index (κ3) is 4.90. The molecule has 0 amide bonds. The lowest BCUT2D eigenvalue weighted by molar-refractivity contribution is -0.384. The average molecular weight is 458 g/mol. The Morgan fingerprint density at radius 3 is 2.64 bits per heavy atom. The zero-order chi connectivity index (χ0) is 23.5. The molecule has 1 fully saturated rings. The molecule has 4 rings (SSSR count). The van der Waals surface area contributed by atoms with Crippen LogP contribution in [0.25, 0.3) is 11.2 Å². The highest BCUT2D eigenvalue weighted by Gasteiger charge is 2.22. The molecule has 2 heterocycles. The van der Waals surface area contributed by atoms with Crippen LogP contribution in [0.1, 0.15) is 32.1 Å². The van der Waals surface area contributed by atoms with Crippen LogP contribution in [0.5, 0.6) is 5.75 Å². The lowest BCUT2D eigenvalue weighted by Gasteiger charge is -2.24. The number of aryl methyl sites for hydroxylation is 1. The molecule has 3 aromatic rings. The number of nitrogens with zero attached hydrogens (tertiary/aromatic N) is 4. The second-order valence-corrected chi connectivity index (χ2v) is 8.23. The van der Waals surface area contributed by atoms with Crippen LogP contribution in [0.3, 0.4) is 0 Å². The van der Waals surface area contributed by atoms with Crippen molar-refractivity contribution in [1.82, 2.24) is 19.1 Å². The number of aliphatic hydroxyl groups is 1. The number of hydrogen-bond acceptors (Lipinski definition) is 8. The van der Waals surface area contributed by atoms with Gasteiger partial charge in [-0.2, -0.15) is 4.98 Å². The second-order valence-electron chi connectivity index (χ2n) is 8.23. The number of nitro groups is 1. The number of aromatic nitrogens is 4. The Morgan fingerprint density at radius 1 is 1.27 bits per heavy atom. The van der Waals surface area contributed by atoms with E-state index in [2.05, 4.69) is 15.3 Å². The van der Waals surface area contributed by atoms with Gasteiger partial charge in [0.2, 0.25) is 5.95 Å². The first-order chi connectivity index (χ1) is 15.8. The number of hydrogen-bond donors (Lipinski definition) is 3. The lowest BCUT2D eigenvalue weighted by Crippen LogP contribution is -2.31. The van der Waals surface area contributed by atoms with E-state index in [-0.39, 0.29) is 36.0 Å². The summed E-state index contributed by atoms with van der Waals surface area (Å²) in [6.07, 6.45) is 4.32. The number of nitrogens with one attached hydrogen (secondary N) is 2. The summed E-state index contributed by atoms with van der Waals surface area (Å²) in [6, 6.07) is 5.73. The van der Waals surface area contributed by atoms with Crippen LogP contribution in [-0.4, -0.2) is 47.9 Å². The van der Waals surface area contributed by atoms with Gasteiger partial charge in [-0.1, -0.05) is 19.3 Å². The number of rotatable bonds is 8. The highest BCUT2D eigenvalue weighted by molar-refractivity contribution is 5.74. The van der Waals surface area contributed by atoms with Gasteiger partial charge in [-0.25, -0.2) is 4.79 Å². The number of non-ortho nitro benzene ring substituents is 1. The standard InChI is InChI=1S/C21H26N6O6/c1-25-18-17(19(29)24-21(25)30)26(20(23-18)22-13-5-3-2-4-6-13)11-15(28)12-33-16-9-7-14(8-10-16)27(31)32/h7-10,13,15,28H,2-6,11-12H2,1H3,(H,22,23)(H,24,29,30)/t15-/m1/s1. The molecule has 1 atom stereocenters. The van der Waals surface area contributed by atoms with Gasteiger partial charge >= 0.3 is 5.69 Å². The lowest BCUT2D eigenvalue weighted by atomic mass is 9.96. The van der Waals surface area contributed by atoms with Crippen LogP contribution < -0.4 is 21.3 Å². The van der Waals surface area contributed by atoms with E-state index in [0.29, 0.717) is 11.7 Å². The predicted molar refractivity (Wildman–Crippen MR) is 121 cm³/mol. The fourth-order valence-electron chi connectivity index (χ4n) is 4.07. The molecule has 3 N–H and O–H groups in total. The molecule has 0 saturated heterocycles. The minimum Gasteiger partial charge on any atom is -0.491 e. The SMILES string of the molecule is Cn1c(=O)[nH]c(=O)c2c1nc(NC1CCCCC1)n2C[C@@H](O)COc1ccc([N+](=O)[O-])cc1. The van der Waals surface area contributed by atoms with Crippen LogP contribution in [0, 0.1) is 10.1 Å². The topological polar surface area (TPSA) is 157 Å². The average Bonchev–Trinajstić information content (AvgIpc) is 3.15. The highest BCUT2D eigenvalue weighted by atomic mass is 16.6. The summed E-state index contributed by atoms with van der Waals surface area (Å²) in [7, 11) is 1.52. The van der Waals surface area contributed by atoms with Gasteiger partial charge in [-0.3, -0.25) is 24.5 Å². The number of anilines is 1. The molecule has 33 heavy (non-hydrogen) atoms. The van der Waals surface area contributed by atoms with Crippen molar-refractivity contribution >= 4 is 22.8 Å². The van der Waals surface area contributed by atoms with E-state index in [1.165, 1.54) is 42.3 Å². The largest absolute Gasteiger partial charge is 0.491 e. The highest BCUT2D eigenvalue weighted by Crippen LogP contribution is 2.24. The van der Waals surface area contributed by atoms with E-state index >= 15 is 0 Å². The van der Waals surface area contributed by atoms with Gasteiger partial charge in [0, 0.05) is 25.2 Å². The summed E-state index contributed by atoms with van der Waals surface area (Å²) >= 11 is 0. The number of aliphatic hydroxyl groups excluding tert-OH is 1. The van der Waals surface area contributed by atoms with E-state index in [1.54, 1.807) is 4.57 Å². The van der Waals surface area contributed by atoms with E-state index < -0.39 is 22.3 Å². The van der Waals surface area contributed by atoms with E-state index in [4.69, 9.17) is 4.74 Å². The maximum absolute atomic E-state index is 12.6. The summed E-state index contributed by atoms with van der Waals surface area (Å²) < 4.78 is 8.40. The molecule has 12 heteroatoms. The van der Waals surface area contributed by atoms with E-state index in [1.807, 2.05) is 0 Å². The Morgan fingerprint density at radius 2 is 1.97 bits per heavy atom. The summed E-state index contributed by atoms with van der Waals surface area (Å²) in [4.78, 5) is 41.7. The Bertz CT molecular complexity index is 1260. The second kappa shape index (κ2) is 9.45. The number of fused-ring (bicyclic) bond motifs is 1. The third-order valence-corrected chi connectivity index (χ3v) is 5.83. The third-order valence-electron chi connectivity index (χ3n) is 5.83. The summed E-state index contributed by atoms with van der Waals surface area (Å²) in [5.74, 6) is 0.786. The van der Waals surface area contributed by atoms with Crippen LogP contribution in [0.15, 0.2) is 33.9 Å². The number of nitro benzene ring substituents is 1. The minimum absolute atomic E-state index is 0.000180. The molecular weight excluding hydrogens is 432 g/mol. The molecule has 0 spiro atoms. The zero-order valence-electron chi connectivity index (χ0n) is 18.2. The van der Waals surface area contributed by atoms with Gasteiger partial charge < -0.3 is 19.7 Å². The van der Waals surface area contributed by atoms with Crippen molar-refractivity contribution in [3.05, 3.63) is 55.2 Å². The molecule has 1 saturated carbocycles. The Balaban J connectivity index is 1.57. The van der Waals surface area contributed by atoms with Gasteiger partial charge in [0.25, 0.3) is 11.2 Å². The van der Waals surface area contributed by atoms with Crippen molar-refractivity contribution in [3.63, 3.8) is 0 Å². The molecule has 1 aliphatic carbocycles. The van der Waals surface area contributed by atoms with Gasteiger partial charge in [0.1, 0.15) is 18.5 Å². The van der Waals surface area contributed by atoms with Gasteiger partial charge in [0.05, 0.1) is 11.5 Å². The van der Waals surface area contributed by atoms with Crippen molar-refractivity contribution in [2.24, 2.45) is 7.05 Å². The summed E-state index contributed by atoms with van der Waals surface area (Å²) in [5, 5.41) is 24.8. The molecule has 12 nitrogen and oxygen atoms in total. The maximum atomic E-state index is 12.6. The van der Waals surface area contributed by atoms with E-state index in [0.717, 1.165) is 25.7 Å². The quantitative estimate of drug-likeness (QED) is 0.339. The Kier molecular flexibility index (Phi) is 6.45. The Hall–Kier alpha value is -3.67.